The molecule has 2 aromatic carbocycles. The molecule has 3 aromatic rings. The topological polar surface area (TPSA) is 4.93 Å². The Labute approximate surface area is 119 Å². The van der Waals surface area contributed by atoms with E-state index in [9.17, 15) is 0 Å². The minimum Gasteiger partial charge on any atom is -0.347 e. The molecule has 1 nitrogen and oxygen atoms in total. The summed E-state index contributed by atoms with van der Waals surface area (Å²) in [4.78, 5) is 0. The molecule has 4 rings (SSSR count). The Morgan fingerprint density at radius 1 is 0.950 bits per heavy atom. The van der Waals surface area contributed by atoms with Crippen molar-refractivity contribution >= 4 is 10.9 Å². The fourth-order valence-corrected chi connectivity index (χ4v) is 3.58. The van der Waals surface area contributed by atoms with Crippen LogP contribution in [0.15, 0.2) is 60.8 Å². The molecule has 0 N–H and O–H groups in total. The van der Waals surface area contributed by atoms with Crippen LogP contribution in [-0.4, -0.2) is 4.57 Å². The van der Waals surface area contributed by atoms with Crippen molar-refractivity contribution < 1.29 is 0 Å². The molecule has 1 heterocycles. The van der Waals surface area contributed by atoms with Gasteiger partial charge in [-0.2, -0.15) is 0 Å². The summed E-state index contributed by atoms with van der Waals surface area (Å²) in [6, 6.07) is 19.9. The van der Waals surface area contributed by atoms with Gasteiger partial charge in [0.25, 0.3) is 0 Å². The smallest absolute Gasteiger partial charge is 0.0480 e. The van der Waals surface area contributed by atoms with E-state index in [2.05, 4.69) is 65.4 Å². The van der Waals surface area contributed by atoms with Gasteiger partial charge in [0.15, 0.2) is 0 Å². The monoisotopic (exact) mass is 261 g/mol. The average Bonchev–Trinajstić information content (AvgIpc) is 2.91. The highest BCUT2D eigenvalue weighted by atomic mass is 15.0. The Bertz CT molecular complexity index is 738. The lowest BCUT2D eigenvalue weighted by molar-refractivity contribution is 0.490. The van der Waals surface area contributed by atoms with Gasteiger partial charge in [0.2, 0.25) is 0 Å². The summed E-state index contributed by atoms with van der Waals surface area (Å²) in [7, 11) is 0. The molecule has 1 aromatic heterocycles. The van der Waals surface area contributed by atoms with Crippen LogP contribution in [0.4, 0.5) is 0 Å². The molecule has 20 heavy (non-hydrogen) atoms. The number of hydrogen-bond acceptors (Lipinski definition) is 0. The van der Waals surface area contributed by atoms with Crippen molar-refractivity contribution in [1.29, 1.82) is 0 Å². The van der Waals surface area contributed by atoms with Crippen molar-refractivity contribution in [2.75, 3.05) is 0 Å². The summed E-state index contributed by atoms with van der Waals surface area (Å²) in [5, 5.41) is 1.34. The first kappa shape index (κ1) is 11.8. The maximum absolute atomic E-state index is 2.42. The zero-order valence-electron chi connectivity index (χ0n) is 11.6. The molecule has 0 radical (unpaired) electrons. The van der Waals surface area contributed by atoms with Crippen LogP contribution >= 0.6 is 0 Å². The second-order valence-electron chi connectivity index (χ2n) is 5.81. The minimum atomic E-state index is 0.663. The fraction of sp³-hybridized carbons (Fsp3) is 0.263. The van der Waals surface area contributed by atoms with Gasteiger partial charge in [-0.05, 0) is 47.9 Å². The number of nitrogens with zero attached hydrogens (tertiary/aromatic N) is 1. The van der Waals surface area contributed by atoms with Crippen molar-refractivity contribution in [2.24, 2.45) is 0 Å². The van der Waals surface area contributed by atoms with Crippen LogP contribution in [0, 0.1) is 0 Å². The molecule has 1 heteroatoms. The predicted molar refractivity (Wildman–Crippen MR) is 84.1 cm³/mol. The van der Waals surface area contributed by atoms with Gasteiger partial charge in [-0.3, -0.25) is 0 Å². The summed E-state index contributed by atoms with van der Waals surface area (Å²) in [6.07, 6.45) is 6.12. The van der Waals surface area contributed by atoms with Gasteiger partial charge in [-0.25, -0.2) is 0 Å². The van der Waals surface area contributed by atoms with E-state index in [1.165, 1.54) is 30.2 Å². The standard InChI is InChI=1S/C19H19N/c1-3-10-18-15(6-1)8-5-9-17(18)14-20-13-12-16-7-2-4-11-19(16)20/h1-4,6-7,10-13,17H,5,8-9,14H2. The average molecular weight is 261 g/mol. The highest BCUT2D eigenvalue weighted by molar-refractivity contribution is 5.79. The SMILES string of the molecule is c1ccc2c(c1)CCCC2Cn1ccc2ccccc21. The van der Waals surface area contributed by atoms with E-state index in [0.29, 0.717) is 5.92 Å². The molecule has 0 saturated heterocycles. The lowest BCUT2D eigenvalue weighted by atomic mass is 9.83. The van der Waals surface area contributed by atoms with Gasteiger partial charge in [0.1, 0.15) is 0 Å². The highest BCUT2D eigenvalue weighted by Gasteiger charge is 2.20. The van der Waals surface area contributed by atoms with E-state index in [0.717, 1.165) is 6.54 Å². The molecule has 1 aliphatic rings. The molecular weight excluding hydrogens is 242 g/mol. The Balaban J connectivity index is 1.70. The molecule has 0 fully saturated rings. The quantitative estimate of drug-likeness (QED) is 0.626. The molecule has 0 amide bonds. The first-order chi connectivity index (χ1) is 9.92. The summed E-state index contributed by atoms with van der Waals surface area (Å²) < 4.78 is 2.42. The van der Waals surface area contributed by atoms with Gasteiger partial charge in [-0.15, -0.1) is 0 Å². The maximum Gasteiger partial charge on any atom is 0.0480 e. The van der Waals surface area contributed by atoms with Crippen LogP contribution in [0.2, 0.25) is 0 Å². The Morgan fingerprint density at radius 2 is 1.80 bits per heavy atom. The maximum atomic E-state index is 2.42. The largest absolute Gasteiger partial charge is 0.347 e. The molecule has 100 valence electrons. The second-order valence-corrected chi connectivity index (χ2v) is 5.81. The second kappa shape index (κ2) is 4.82. The van der Waals surface area contributed by atoms with Crippen LogP contribution in [-0.2, 0) is 13.0 Å². The normalized spacial score (nSPS) is 18.1. The van der Waals surface area contributed by atoms with Crippen LogP contribution in [0.3, 0.4) is 0 Å². The third-order valence-corrected chi connectivity index (χ3v) is 4.59. The van der Waals surface area contributed by atoms with E-state index in [-0.39, 0.29) is 0 Å². The van der Waals surface area contributed by atoms with Gasteiger partial charge in [0, 0.05) is 24.2 Å². The van der Waals surface area contributed by atoms with E-state index in [1.807, 2.05) is 0 Å². The number of fused-ring (bicyclic) bond motifs is 2. The Kier molecular flexibility index (Phi) is 2.84. The summed E-state index contributed by atoms with van der Waals surface area (Å²) in [6.45, 7) is 1.10. The van der Waals surface area contributed by atoms with Gasteiger partial charge < -0.3 is 4.57 Å². The van der Waals surface area contributed by atoms with Crippen molar-refractivity contribution in [2.45, 2.75) is 31.7 Å². The number of hydrogen-bond donors (Lipinski definition) is 0. The summed E-state index contributed by atoms with van der Waals surface area (Å²) >= 11 is 0. The molecule has 0 saturated carbocycles. The zero-order valence-corrected chi connectivity index (χ0v) is 11.6. The van der Waals surface area contributed by atoms with E-state index >= 15 is 0 Å². The molecule has 0 bridgehead atoms. The minimum absolute atomic E-state index is 0.663. The third kappa shape index (κ3) is 1.94. The highest BCUT2D eigenvalue weighted by Crippen LogP contribution is 2.33. The predicted octanol–water partition coefficient (Wildman–Crippen LogP) is 4.76. The van der Waals surface area contributed by atoms with Crippen molar-refractivity contribution in [3.8, 4) is 0 Å². The number of aromatic nitrogens is 1. The van der Waals surface area contributed by atoms with E-state index in [1.54, 1.807) is 11.1 Å². The number of aryl methyl sites for hydroxylation is 1. The molecule has 1 aliphatic carbocycles. The van der Waals surface area contributed by atoms with E-state index in [4.69, 9.17) is 0 Å². The molecule has 0 spiro atoms. The van der Waals surface area contributed by atoms with Crippen LogP contribution in [0.1, 0.15) is 29.9 Å². The van der Waals surface area contributed by atoms with Gasteiger partial charge >= 0.3 is 0 Å². The summed E-state index contributed by atoms with van der Waals surface area (Å²) in [5.74, 6) is 0.663. The number of para-hydroxylation sites is 1. The zero-order chi connectivity index (χ0) is 13.4. The fourth-order valence-electron chi connectivity index (χ4n) is 3.58. The van der Waals surface area contributed by atoms with Crippen molar-refractivity contribution in [3.63, 3.8) is 0 Å². The van der Waals surface area contributed by atoms with Crippen LogP contribution in [0.25, 0.3) is 10.9 Å². The first-order valence-corrected chi connectivity index (χ1v) is 7.53. The number of benzene rings is 2. The molecule has 1 atom stereocenters. The van der Waals surface area contributed by atoms with Gasteiger partial charge in [-0.1, -0.05) is 42.5 Å². The lowest BCUT2D eigenvalue weighted by Gasteiger charge is -2.26. The van der Waals surface area contributed by atoms with Gasteiger partial charge in [0.05, 0.1) is 0 Å². The molecular formula is C19H19N. The molecule has 1 unspecified atom stereocenters. The summed E-state index contributed by atoms with van der Waals surface area (Å²) in [5.41, 5.74) is 4.48. The van der Waals surface area contributed by atoms with Crippen molar-refractivity contribution in [1.82, 2.24) is 4.57 Å². The van der Waals surface area contributed by atoms with Crippen LogP contribution in [0.5, 0.6) is 0 Å². The Morgan fingerprint density at radius 3 is 2.80 bits per heavy atom. The molecule has 0 aliphatic heterocycles. The Hall–Kier alpha value is -2.02. The lowest BCUT2D eigenvalue weighted by Crippen LogP contribution is -2.15. The van der Waals surface area contributed by atoms with Crippen molar-refractivity contribution in [3.05, 3.63) is 71.9 Å². The number of rotatable bonds is 2. The third-order valence-electron chi connectivity index (χ3n) is 4.59. The first-order valence-electron chi connectivity index (χ1n) is 7.53. The van der Waals surface area contributed by atoms with E-state index < -0.39 is 0 Å². The van der Waals surface area contributed by atoms with Crippen LogP contribution < -0.4 is 0 Å².